The third-order valence-corrected chi connectivity index (χ3v) is 4.73. The highest BCUT2D eigenvalue weighted by atomic mass is 16.3. The lowest BCUT2D eigenvalue weighted by atomic mass is 10.1. The first-order chi connectivity index (χ1) is 13.2. The smallest absolute Gasteiger partial charge is 0.222 e. The van der Waals surface area contributed by atoms with Gasteiger partial charge in [0, 0.05) is 45.2 Å². The number of nitrogens with zero attached hydrogens (tertiary/aromatic N) is 4. The molecule has 1 aromatic carbocycles. The second kappa shape index (κ2) is 9.32. The fraction of sp³-hybridized carbons (Fsp3) is 0.450. The molecule has 27 heavy (non-hydrogen) atoms. The largest absolute Gasteiger partial charge is 0.387 e. The van der Waals surface area contributed by atoms with E-state index in [1.165, 1.54) is 6.33 Å². The van der Waals surface area contributed by atoms with Crippen molar-refractivity contribution in [1.82, 2.24) is 14.9 Å². The molecule has 7 heteroatoms. The van der Waals surface area contributed by atoms with Crippen LogP contribution in [-0.2, 0) is 4.79 Å². The summed E-state index contributed by atoms with van der Waals surface area (Å²) in [5.74, 6) is 1.75. The number of aliphatic hydroxyl groups is 1. The lowest BCUT2D eigenvalue weighted by Crippen LogP contribution is -2.49. The molecule has 1 unspecified atom stereocenters. The van der Waals surface area contributed by atoms with Gasteiger partial charge in [-0.15, -0.1) is 0 Å². The number of piperazine rings is 1. The molecule has 1 fully saturated rings. The molecule has 0 saturated carbocycles. The predicted molar refractivity (Wildman–Crippen MR) is 106 cm³/mol. The van der Waals surface area contributed by atoms with E-state index >= 15 is 0 Å². The Morgan fingerprint density at radius 3 is 2.63 bits per heavy atom. The predicted octanol–water partition coefficient (Wildman–Crippen LogP) is 2.07. The summed E-state index contributed by atoms with van der Waals surface area (Å²) in [5.41, 5.74) is 0.868. The van der Waals surface area contributed by atoms with Gasteiger partial charge in [0.25, 0.3) is 0 Å². The molecular formula is C20H27N5O2. The fourth-order valence-electron chi connectivity index (χ4n) is 3.17. The van der Waals surface area contributed by atoms with E-state index in [9.17, 15) is 9.90 Å². The molecule has 0 aliphatic carbocycles. The number of carbonyl (C=O) groups is 1. The standard InChI is InChI=1S/C20H27N5O2/c1-2-6-20(27)25-11-9-24(10-12-25)19-13-18(22-15-23-19)21-14-17(26)16-7-4-3-5-8-16/h3-5,7-8,13,15,17,26H,2,6,9-12,14H2,1H3,(H,21,22,23). The zero-order chi connectivity index (χ0) is 19.1. The first-order valence-corrected chi connectivity index (χ1v) is 9.49. The number of aromatic nitrogens is 2. The van der Waals surface area contributed by atoms with Crippen LogP contribution >= 0.6 is 0 Å². The number of benzene rings is 1. The number of anilines is 2. The molecule has 1 aliphatic heterocycles. The number of rotatable bonds is 7. The summed E-state index contributed by atoms with van der Waals surface area (Å²) in [6.45, 7) is 5.37. The number of amides is 1. The van der Waals surface area contributed by atoms with Gasteiger partial charge in [-0.1, -0.05) is 37.3 Å². The molecule has 1 aromatic heterocycles. The van der Waals surface area contributed by atoms with Crippen molar-refractivity contribution in [3.63, 3.8) is 0 Å². The molecule has 144 valence electrons. The van der Waals surface area contributed by atoms with E-state index in [1.807, 2.05) is 48.2 Å². The number of hydrogen-bond donors (Lipinski definition) is 2. The van der Waals surface area contributed by atoms with E-state index in [2.05, 4.69) is 20.2 Å². The van der Waals surface area contributed by atoms with Crippen LogP contribution in [0.25, 0.3) is 0 Å². The summed E-state index contributed by atoms with van der Waals surface area (Å²) >= 11 is 0. The van der Waals surface area contributed by atoms with Crippen LogP contribution in [0.4, 0.5) is 11.6 Å². The van der Waals surface area contributed by atoms with Gasteiger partial charge in [-0.25, -0.2) is 9.97 Å². The molecule has 2 heterocycles. The van der Waals surface area contributed by atoms with E-state index < -0.39 is 6.10 Å². The Hall–Kier alpha value is -2.67. The molecule has 0 radical (unpaired) electrons. The van der Waals surface area contributed by atoms with E-state index in [0.29, 0.717) is 18.8 Å². The van der Waals surface area contributed by atoms with Gasteiger partial charge in [0.05, 0.1) is 6.10 Å². The molecule has 0 bridgehead atoms. The van der Waals surface area contributed by atoms with Crippen LogP contribution in [0.15, 0.2) is 42.7 Å². The van der Waals surface area contributed by atoms with Gasteiger partial charge in [0.1, 0.15) is 18.0 Å². The molecule has 2 aromatic rings. The molecule has 2 N–H and O–H groups in total. The van der Waals surface area contributed by atoms with Gasteiger partial charge in [-0.05, 0) is 12.0 Å². The van der Waals surface area contributed by atoms with Gasteiger partial charge in [-0.3, -0.25) is 4.79 Å². The second-order valence-corrected chi connectivity index (χ2v) is 6.69. The van der Waals surface area contributed by atoms with Gasteiger partial charge in [0.2, 0.25) is 5.91 Å². The maximum absolute atomic E-state index is 12.0. The van der Waals surface area contributed by atoms with Gasteiger partial charge < -0.3 is 20.2 Å². The van der Waals surface area contributed by atoms with Crippen molar-refractivity contribution >= 4 is 17.5 Å². The Bertz CT molecular complexity index is 732. The number of carbonyl (C=O) groups excluding carboxylic acids is 1. The Morgan fingerprint density at radius 2 is 1.93 bits per heavy atom. The Morgan fingerprint density at radius 1 is 1.19 bits per heavy atom. The lowest BCUT2D eigenvalue weighted by Gasteiger charge is -2.35. The summed E-state index contributed by atoms with van der Waals surface area (Å²) in [6.07, 6.45) is 2.43. The average molecular weight is 369 g/mol. The van der Waals surface area contributed by atoms with E-state index in [1.54, 1.807) is 0 Å². The van der Waals surface area contributed by atoms with E-state index in [0.717, 1.165) is 44.0 Å². The second-order valence-electron chi connectivity index (χ2n) is 6.69. The van der Waals surface area contributed by atoms with Crippen LogP contribution in [0.3, 0.4) is 0 Å². The van der Waals surface area contributed by atoms with E-state index in [4.69, 9.17) is 0 Å². The zero-order valence-electron chi connectivity index (χ0n) is 15.7. The summed E-state index contributed by atoms with van der Waals surface area (Å²) < 4.78 is 0. The third-order valence-electron chi connectivity index (χ3n) is 4.73. The summed E-state index contributed by atoms with van der Waals surface area (Å²) in [4.78, 5) is 24.7. The van der Waals surface area contributed by atoms with Gasteiger partial charge >= 0.3 is 0 Å². The van der Waals surface area contributed by atoms with Crippen LogP contribution in [0.1, 0.15) is 31.4 Å². The lowest BCUT2D eigenvalue weighted by molar-refractivity contribution is -0.131. The number of hydrogen-bond acceptors (Lipinski definition) is 6. The minimum Gasteiger partial charge on any atom is -0.387 e. The van der Waals surface area contributed by atoms with Crippen molar-refractivity contribution in [2.24, 2.45) is 0 Å². The third kappa shape index (κ3) is 5.17. The van der Waals surface area contributed by atoms with Crippen molar-refractivity contribution in [3.05, 3.63) is 48.3 Å². The maximum atomic E-state index is 12.0. The van der Waals surface area contributed by atoms with Crippen molar-refractivity contribution in [2.75, 3.05) is 42.9 Å². The number of nitrogens with one attached hydrogen (secondary N) is 1. The molecule has 1 saturated heterocycles. The van der Waals surface area contributed by atoms with Gasteiger partial charge in [0.15, 0.2) is 0 Å². The molecule has 1 aliphatic rings. The summed E-state index contributed by atoms with van der Waals surface area (Å²) in [6, 6.07) is 11.4. The molecule has 1 amide bonds. The van der Waals surface area contributed by atoms with Crippen molar-refractivity contribution in [3.8, 4) is 0 Å². The van der Waals surface area contributed by atoms with Crippen LogP contribution in [0.5, 0.6) is 0 Å². The molecule has 0 spiro atoms. The quantitative estimate of drug-likeness (QED) is 0.778. The Labute approximate surface area is 160 Å². The van der Waals surface area contributed by atoms with Crippen LogP contribution in [0, 0.1) is 0 Å². The van der Waals surface area contributed by atoms with Crippen molar-refractivity contribution < 1.29 is 9.90 Å². The minimum absolute atomic E-state index is 0.233. The molecule has 1 atom stereocenters. The van der Waals surface area contributed by atoms with Crippen LogP contribution in [0.2, 0.25) is 0 Å². The maximum Gasteiger partial charge on any atom is 0.222 e. The Balaban J connectivity index is 1.54. The van der Waals surface area contributed by atoms with Crippen molar-refractivity contribution in [1.29, 1.82) is 0 Å². The topological polar surface area (TPSA) is 81.6 Å². The molecule has 7 nitrogen and oxygen atoms in total. The summed E-state index contributed by atoms with van der Waals surface area (Å²) in [7, 11) is 0. The zero-order valence-corrected chi connectivity index (χ0v) is 15.7. The number of aliphatic hydroxyl groups excluding tert-OH is 1. The average Bonchev–Trinajstić information content (AvgIpc) is 2.73. The molecule has 3 rings (SSSR count). The highest BCUT2D eigenvalue weighted by Crippen LogP contribution is 2.18. The van der Waals surface area contributed by atoms with Crippen LogP contribution in [-0.4, -0.2) is 58.6 Å². The van der Waals surface area contributed by atoms with Crippen LogP contribution < -0.4 is 10.2 Å². The highest BCUT2D eigenvalue weighted by molar-refractivity contribution is 5.76. The highest BCUT2D eigenvalue weighted by Gasteiger charge is 2.21. The first kappa shape index (κ1) is 19.1. The van der Waals surface area contributed by atoms with Gasteiger partial charge in [-0.2, -0.15) is 0 Å². The minimum atomic E-state index is -0.599. The Kier molecular flexibility index (Phi) is 6.59. The van der Waals surface area contributed by atoms with E-state index in [-0.39, 0.29) is 5.91 Å². The summed E-state index contributed by atoms with van der Waals surface area (Å²) in [5, 5.41) is 13.4. The SMILES string of the molecule is CCCC(=O)N1CCN(c2cc(NCC(O)c3ccccc3)ncn2)CC1. The first-order valence-electron chi connectivity index (χ1n) is 9.49. The normalized spacial score (nSPS) is 15.5. The van der Waals surface area contributed by atoms with Crippen molar-refractivity contribution in [2.45, 2.75) is 25.9 Å². The fourth-order valence-corrected chi connectivity index (χ4v) is 3.17. The monoisotopic (exact) mass is 369 g/mol. The molecular weight excluding hydrogens is 342 g/mol.